The number of halogens is 1. The Labute approximate surface area is 76.7 Å². The van der Waals surface area contributed by atoms with Gasteiger partial charge < -0.3 is 0 Å². The van der Waals surface area contributed by atoms with Crippen molar-refractivity contribution in [3.63, 3.8) is 0 Å². The third-order valence-corrected chi connectivity index (χ3v) is 1.65. The third kappa shape index (κ3) is 2.51. The van der Waals surface area contributed by atoms with Crippen LogP contribution in [0.25, 0.3) is 6.08 Å². The van der Waals surface area contributed by atoms with Gasteiger partial charge in [0.2, 0.25) is 0 Å². The zero-order valence-corrected chi connectivity index (χ0v) is 7.51. The Kier molecular flexibility index (Phi) is 3.06. The first-order valence-corrected chi connectivity index (χ1v) is 3.99. The zero-order chi connectivity index (χ0) is 8.97. The summed E-state index contributed by atoms with van der Waals surface area (Å²) >= 11 is 5.81. The molecule has 1 rings (SSSR count). The Morgan fingerprint density at radius 1 is 1.33 bits per heavy atom. The van der Waals surface area contributed by atoms with Gasteiger partial charge in [0.1, 0.15) is 6.29 Å². The molecule has 2 heteroatoms. The first-order chi connectivity index (χ1) is 5.72. The van der Waals surface area contributed by atoms with Crippen LogP contribution < -0.4 is 0 Å². The number of hydrogen-bond acceptors (Lipinski definition) is 1. The van der Waals surface area contributed by atoms with Crippen molar-refractivity contribution in [1.29, 1.82) is 0 Å². The molecular weight excluding hydrogens is 172 g/mol. The number of aldehydes is 1. The van der Waals surface area contributed by atoms with Crippen LogP contribution in [-0.4, -0.2) is 6.29 Å². The van der Waals surface area contributed by atoms with Crippen molar-refractivity contribution in [2.75, 3.05) is 0 Å². The van der Waals surface area contributed by atoms with Gasteiger partial charge >= 0.3 is 0 Å². The van der Waals surface area contributed by atoms with Gasteiger partial charge in [-0.05, 0) is 36.3 Å². The first-order valence-electron chi connectivity index (χ1n) is 3.61. The molecule has 0 heterocycles. The van der Waals surface area contributed by atoms with E-state index in [1.807, 2.05) is 25.1 Å². The summed E-state index contributed by atoms with van der Waals surface area (Å²) in [6.07, 6.45) is 3.92. The van der Waals surface area contributed by atoms with Crippen molar-refractivity contribution in [3.8, 4) is 0 Å². The van der Waals surface area contributed by atoms with Crippen LogP contribution in [0.4, 0.5) is 0 Å². The highest BCUT2D eigenvalue weighted by Gasteiger charge is 1.92. The maximum absolute atomic E-state index is 10.0. The number of aryl methyl sites for hydroxylation is 1. The first kappa shape index (κ1) is 9.01. The predicted molar refractivity (Wildman–Crippen MR) is 51.3 cm³/mol. The van der Waals surface area contributed by atoms with E-state index < -0.39 is 0 Å². The fourth-order valence-electron chi connectivity index (χ4n) is 1.01. The van der Waals surface area contributed by atoms with Crippen LogP contribution in [0.3, 0.4) is 0 Å². The van der Waals surface area contributed by atoms with E-state index in [0.29, 0.717) is 5.02 Å². The van der Waals surface area contributed by atoms with E-state index in [1.54, 1.807) is 6.08 Å². The summed E-state index contributed by atoms with van der Waals surface area (Å²) in [5, 5.41) is 0.695. The van der Waals surface area contributed by atoms with Crippen LogP contribution >= 0.6 is 11.6 Å². The van der Waals surface area contributed by atoms with Crippen LogP contribution in [-0.2, 0) is 4.79 Å². The molecule has 0 unspecified atom stereocenters. The Morgan fingerprint density at radius 3 is 2.67 bits per heavy atom. The van der Waals surface area contributed by atoms with Crippen molar-refractivity contribution in [2.24, 2.45) is 0 Å². The predicted octanol–water partition coefficient (Wildman–Crippen LogP) is 2.86. The molecule has 0 saturated carbocycles. The number of hydrogen-bond donors (Lipinski definition) is 0. The quantitative estimate of drug-likeness (QED) is 0.505. The maximum Gasteiger partial charge on any atom is 0.142 e. The number of carbonyl (C=O) groups is 1. The molecule has 1 aromatic rings. The Morgan fingerprint density at radius 2 is 2.08 bits per heavy atom. The minimum absolute atomic E-state index is 0.695. The second kappa shape index (κ2) is 4.07. The van der Waals surface area contributed by atoms with Gasteiger partial charge in [0.25, 0.3) is 0 Å². The van der Waals surface area contributed by atoms with Crippen LogP contribution in [0.2, 0.25) is 5.02 Å². The summed E-state index contributed by atoms with van der Waals surface area (Å²) in [6, 6.07) is 5.65. The Hall–Kier alpha value is -1.08. The lowest BCUT2D eigenvalue weighted by Crippen LogP contribution is -1.76. The largest absolute Gasteiger partial charge is 0.299 e. The monoisotopic (exact) mass is 180 g/mol. The maximum atomic E-state index is 10.0. The van der Waals surface area contributed by atoms with Gasteiger partial charge in [-0.25, -0.2) is 0 Å². The van der Waals surface area contributed by atoms with Gasteiger partial charge in [0.15, 0.2) is 0 Å². The van der Waals surface area contributed by atoms with Crippen LogP contribution in [0.1, 0.15) is 11.1 Å². The van der Waals surface area contributed by atoms with Crippen molar-refractivity contribution in [2.45, 2.75) is 6.92 Å². The number of carbonyl (C=O) groups excluding carboxylic acids is 1. The minimum Gasteiger partial charge on any atom is -0.299 e. The second-order valence-electron chi connectivity index (χ2n) is 2.56. The molecule has 1 nitrogen and oxygen atoms in total. The summed E-state index contributed by atoms with van der Waals surface area (Å²) in [5.74, 6) is 0. The highest BCUT2D eigenvalue weighted by Crippen LogP contribution is 2.15. The van der Waals surface area contributed by atoms with E-state index >= 15 is 0 Å². The SMILES string of the molecule is Cc1cc(Cl)cc(C=CC=O)c1. The average Bonchev–Trinajstić information content (AvgIpc) is 1.99. The molecule has 0 fully saturated rings. The fraction of sp³-hybridized carbons (Fsp3) is 0.100. The number of rotatable bonds is 2. The lowest BCUT2D eigenvalue weighted by atomic mass is 10.1. The topological polar surface area (TPSA) is 17.1 Å². The summed E-state index contributed by atoms with van der Waals surface area (Å²) < 4.78 is 0. The zero-order valence-electron chi connectivity index (χ0n) is 6.75. The molecule has 0 aliphatic rings. The number of allylic oxidation sites excluding steroid dienone is 1. The van der Waals surface area contributed by atoms with Gasteiger partial charge in [-0.3, -0.25) is 4.79 Å². The summed E-state index contributed by atoms with van der Waals surface area (Å²) in [4.78, 5) is 10.0. The summed E-state index contributed by atoms with van der Waals surface area (Å²) in [6.45, 7) is 1.96. The lowest BCUT2D eigenvalue weighted by Gasteiger charge is -1.97. The normalized spacial score (nSPS) is 10.5. The molecule has 12 heavy (non-hydrogen) atoms. The molecule has 0 radical (unpaired) electrons. The van der Waals surface area contributed by atoms with Gasteiger partial charge in [0.05, 0.1) is 0 Å². The van der Waals surface area contributed by atoms with E-state index in [9.17, 15) is 4.79 Å². The standard InChI is InChI=1S/C10H9ClO/c1-8-5-9(3-2-4-12)7-10(11)6-8/h2-7H,1H3. The van der Waals surface area contributed by atoms with Gasteiger partial charge in [-0.15, -0.1) is 0 Å². The minimum atomic E-state index is 0.695. The second-order valence-corrected chi connectivity index (χ2v) is 2.99. The van der Waals surface area contributed by atoms with Gasteiger partial charge in [0, 0.05) is 5.02 Å². The molecule has 0 aromatic heterocycles. The number of benzene rings is 1. The van der Waals surface area contributed by atoms with E-state index in [4.69, 9.17) is 11.6 Å². The molecular formula is C10H9ClO. The van der Waals surface area contributed by atoms with Crippen LogP contribution in [0, 0.1) is 6.92 Å². The van der Waals surface area contributed by atoms with E-state index in [-0.39, 0.29) is 0 Å². The molecule has 0 atom stereocenters. The Balaban J connectivity index is 3.00. The van der Waals surface area contributed by atoms with Crippen LogP contribution in [0.15, 0.2) is 24.3 Å². The molecule has 1 aromatic carbocycles. The highest BCUT2D eigenvalue weighted by molar-refractivity contribution is 6.30. The molecule has 0 N–H and O–H groups in total. The van der Waals surface area contributed by atoms with E-state index in [1.165, 1.54) is 6.08 Å². The Bertz CT molecular complexity index is 295. The fourth-order valence-corrected chi connectivity index (χ4v) is 1.31. The molecule has 0 saturated heterocycles. The van der Waals surface area contributed by atoms with Crippen molar-refractivity contribution < 1.29 is 4.79 Å². The van der Waals surface area contributed by atoms with Gasteiger partial charge in [-0.1, -0.05) is 23.7 Å². The summed E-state index contributed by atoms with van der Waals surface area (Å²) in [5.41, 5.74) is 2.04. The van der Waals surface area contributed by atoms with Crippen molar-refractivity contribution in [1.82, 2.24) is 0 Å². The lowest BCUT2D eigenvalue weighted by molar-refractivity contribution is -0.104. The molecule has 0 spiro atoms. The van der Waals surface area contributed by atoms with Crippen molar-refractivity contribution in [3.05, 3.63) is 40.4 Å². The van der Waals surface area contributed by atoms with E-state index in [0.717, 1.165) is 17.4 Å². The molecule has 62 valence electrons. The molecule has 0 aliphatic carbocycles. The molecule has 0 bridgehead atoms. The highest BCUT2D eigenvalue weighted by atomic mass is 35.5. The smallest absolute Gasteiger partial charge is 0.142 e. The molecule has 0 aliphatic heterocycles. The average molecular weight is 181 g/mol. The molecule has 0 amide bonds. The van der Waals surface area contributed by atoms with Gasteiger partial charge in [-0.2, -0.15) is 0 Å². The third-order valence-electron chi connectivity index (χ3n) is 1.43. The van der Waals surface area contributed by atoms with Crippen molar-refractivity contribution >= 4 is 24.0 Å². The van der Waals surface area contributed by atoms with Crippen LogP contribution in [0.5, 0.6) is 0 Å². The summed E-state index contributed by atoms with van der Waals surface area (Å²) in [7, 11) is 0. The van der Waals surface area contributed by atoms with E-state index in [2.05, 4.69) is 0 Å².